The molecular formula is C27H34N4O3. The Kier molecular flexibility index (Phi) is 6.77. The van der Waals surface area contributed by atoms with Crippen molar-refractivity contribution < 1.29 is 14.3 Å². The molecule has 0 aliphatic carbocycles. The van der Waals surface area contributed by atoms with E-state index in [1.165, 1.54) is 0 Å². The molecule has 7 heteroatoms. The van der Waals surface area contributed by atoms with Crippen molar-refractivity contribution in [3.8, 4) is 28.3 Å². The Labute approximate surface area is 200 Å². The third kappa shape index (κ3) is 5.32. The second kappa shape index (κ2) is 9.60. The number of hydrogen-bond acceptors (Lipinski definition) is 6. The number of aliphatic hydroxyl groups is 1. The summed E-state index contributed by atoms with van der Waals surface area (Å²) in [5.41, 5.74) is 4.86. The lowest BCUT2D eigenvalue weighted by Gasteiger charge is -2.18. The molecule has 4 rings (SSSR count). The van der Waals surface area contributed by atoms with E-state index >= 15 is 0 Å². The molecule has 2 N–H and O–H groups in total. The van der Waals surface area contributed by atoms with Crippen molar-refractivity contribution in [3.05, 3.63) is 53.7 Å². The van der Waals surface area contributed by atoms with Crippen molar-refractivity contribution in [2.75, 3.05) is 27.2 Å². The highest BCUT2D eigenvalue weighted by Crippen LogP contribution is 2.37. The summed E-state index contributed by atoms with van der Waals surface area (Å²) in [6.07, 6.45) is 5.00. The van der Waals surface area contributed by atoms with Gasteiger partial charge in [0.25, 0.3) is 0 Å². The number of oxazole rings is 1. The first-order valence-electron chi connectivity index (χ1n) is 11.7. The Bertz CT molecular complexity index is 1260. The Morgan fingerprint density at radius 3 is 2.44 bits per heavy atom. The molecule has 34 heavy (non-hydrogen) atoms. The van der Waals surface area contributed by atoms with Crippen LogP contribution in [-0.4, -0.2) is 57.8 Å². The van der Waals surface area contributed by atoms with Crippen LogP contribution in [0.1, 0.15) is 37.3 Å². The number of rotatable bonds is 9. The van der Waals surface area contributed by atoms with Crippen LogP contribution in [0, 0.1) is 13.8 Å². The van der Waals surface area contributed by atoms with Gasteiger partial charge in [-0.1, -0.05) is 0 Å². The minimum atomic E-state index is -0.884. The van der Waals surface area contributed by atoms with E-state index in [1.54, 1.807) is 6.20 Å². The first kappa shape index (κ1) is 24.0. The van der Waals surface area contributed by atoms with E-state index in [1.807, 2.05) is 39.1 Å². The fraction of sp³-hybridized carbons (Fsp3) is 0.407. The number of benzene rings is 1. The Morgan fingerprint density at radius 1 is 1.09 bits per heavy atom. The molecule has 0 saturated carbocycles. The van der Waals surface area contributed by atoms with E-state index in [9.17, 15) is 5.11 Å². The SMILES string of the molecule is Cc1ncc(-c2cnc3[nH]c(-c4ccc(OCCCN(C)C)cc4)c(CC(C)(C)O)c3c2C)o1. The molecule has 0 aliphatic rings. The van der Waals surface area contributed by atoms with E-state index in [0.717, 1.165) is 57.7 Å². The smallest absolute Gasteiger partial charge is 0.191 e. The van der Waals surface area contributed by atoms with Crippen LogP contribution in [0.5, 0.6) is 5.75 Å². The highest BCUT2D eigenvalue weighted by Gasteiger charge is 2.24. The van der Waals surface area contributed by atoms with Gasteiger partial charge in [-0.25, -0.2) is 9.97 Å². The van der Waals surface area contributed by atoms with Crippen LogP contribution < -0.4 is 4.74 Å². The standard InChI is InChI=1S/C27H34N4O3/c1-17-22(23-16-28-18(2)34-23)15-29-26-24(17)21(14-27(3,4)32)25(30-26)19-8-10-20(11-9-19)33-13-7-12-31(5)6/h8-11,15-16,32H,7,12-14H2,1-6H3,(H,29,30). The summed E-state index contributed by atoms with van der Waals surface area (Å²) in [6.45, 7) is 9.22. The van der Waals surface area contributed by atoms with Gasteiger partial charge in [0.2, 0.25) is 0 Å². The molecule has 0 amide bonds. The maximum Gasteiger partial charge on any atom is 0.191 e. The fourth-order valence-corrected chi connectivity index (χ4v) is 4.26. The van der Waals surface area contributed by atoms with Crippen molar-refractivity contribution in [2.45, 2.75) is 46.1 Å². The number of nitrogens with one attached hydrogen (secondary N) is 1. The predicted octanol–water partition coefficient (Wildman–Crippen LogP) is 5.15. The van der Waals surface area contributed by atoms with E-state index in [2.05, 4.69) is 48.0 Å². The van der Waals surface area contributed by atoms with Gasteiger partial charge in [0.1, 0.15) is 11.4 Å². The minimum Gasteiger partial charge on any atom is -0.494 e. The van der Waals surface area contributed by atoms with E-state index < -0.39 is 5.60 Å². The van der Waals surface area contributed by atoms with Crippen molar-refractivity contribution >= 4 is 11.0 Å². The first-order chi connectivity index (χ1) is 16.1. The van der Waals surface area contributed by atoms with Gasteiger partial charge in [-0.15, -0.1) is 0 Å². The summed E-state index contributed by atoms with van der Waals surface area (Å²) in [5, 5.41) is 11.7. The summed E-state index contributed by atoms with van der Waals surface area (Å²) in [6, 6.07) is 8.09. The van der Waals surface area contributed by atoms with Crippen molar-refractivity contribution in [2.24, 2.45) is 0 Å². The molecule has 0 unspecified atom stereocenters. The third-order valence-corrected chi connectivity index (χ3v) is 5.84. The number of hydrogen-bond donors (Lipinski definition) is 2. The van der Waals surface area contributed by atoms with Gasteiger partial charge in [0, 0.05) is 37.0 Å². The second-order valence-electron chi connectivity index (χ2n) is 9.76. The zero-order chi connectivity index (χ0) is 24.5. The molecule has 3 heterocycles. The van der Waals surface area contributed by atoms with Crippen molar-refractivity contribution in [1.82, 2.24) is 19.9 Å². The van der Waals surface area contributed by atoms with Crippen LogP contribution in [0.2, 0.25) is 0 Å². The van der Waals surface area contributed by atoms with Gasteiger partial charge < -0.3 is 24.1 Å². The summed E-state index contributed by atoms with van der Waals surface area (Å²) in [5.74, 6) is 2.15. The lowest BCUT2D eigenvalue weighted by molar-refractivity contribution is 0.0814. The third-order valence-electron chi connectivity index (χ3n) is 5.84. The molecule has 0 saturated heterocycles. The second-order valence-corrected chi connectivity index (χ2v) is 9.76. The highest BCUT2D eigenvalue weighted by atomic mass is 16.5. The molecule has 0 aliphatic heterocycles. The van der Waals surface area contributed by atoms with Gasteiger partial charge >= 0.3 is 0 Å². The van der Waals surface area contributed by atoms with E-state index in [-0.39, 0.29) is 0 Å². The number of ether oxygens (including phenoxy) is 1. The fourth-order valence-electron chi connectivity index (χ4n) is 4.26. The first-order valence-corrected chi connectivity index (χ1v) is 11.7. The van der Waals surface area contributed by atoms with E-state index in [4.69, 9.17) is 14.1 Å². The molecule has 180 valence electrons. The molecule has 0 fully saturated rings. The van der Waals surface area contributed by atoms with Crippen LogP contribution in [0.25, 0.3) is 33.6 Å². The summed E-state index contributed by atoms with van der Waals surface area (Å²) in [7, 11) is 4.12. The monoisotopic (exact) mass is 462 g/mol. The lowest BCUT2D eigenvalue weighted by Crippen LogP contribution is -2.22. The van der Waals surface area contributed by atoms with Crippen LogP contribution in [0.4, 0.5) is 0 Å². The van der Waals surface area contributed by atoms with Crippen LogP contribution in [0.3, 0.4) is 0 Å². The summed E-state index contributed by atoms with van der Waals surface area (Å²) in [4.78, 5) is 14.6. The Hall–Kier alpha value is -3.16. The molecular weight excluding hydrogens is 428 g/mol. The van der Waals surface area contributed by atoms with Gasteiger partial charge in [0.15, 0.2) is 11.7 Å². The largest absolute Gasteiger partial charge is 0.494 e. The number of aromatic amines is 1. The molecule has 0 spiro atoms. The highest BCUT2D eigenvalue weighted by molar-refractivity contribution is 5.94. The number of nitrogens with zero attached hydrogens (tertiary/aromatic N) is 3. The molecule has 7 nitrogen and oxygen atoms in total. The maximum atomic E-state index is 10.7. The van der Waals surface area contributed by atoms with Gasteiger partial charge in [-0.2, -0.15) is 0 Å². The average molecular weight is 463 g/mol. The lowest BCUT2D eigenvalue weighted by atomic mass is 9.92. The number of fused-ring (bicyclic) bond motifs is 1. The Morgan fingerprint density at radius 2 is 1.82 bits per heavy atom. The summed E-state index contributed by atoms with van der Waals surface area (Å²) >= 11 is 0. The zero-order valence-electron chi connectivity index (χ0n) is 20.9. The number of aromatic nitrogens is 3. The minimum absolute atomic E-state index is 0.479. The number of pyridine rings is 1. The molecule has 0 bridgehead atoms. The van der Waals surface area contributed by atoms with E-state index in [0.29, 0.717) is 24.7 Å². The molecule has 3 aromatic heterocycles. The quantitative estimate of drug-likeness (QED) is 0.335. The van der Waals surface area contributed by atoms with Crippen molar-refractivity contribution in [3.63, 3.8) is 0 Å². The number of aryl methyl sites for hydroxylation is 2. The average Bonchev–Trinajstić information content (AvgIpc) is 3.35. The number of H-pyrrole nitrogens is 1. The van der Waals surface area contributed by atoms with Crippen molar-refractivity contribution in [1.29, 1.82) is 0 Å². The molecule has 0 atom stereocenters. The Balaban J connectivity index is 1.72. The topological polar surface area (TPSA) is 87.4 Å². The normalized spacial score (nSPS) is 12.1. The zero-order valence-corrected chi connectivity index (χ0v) is 20.9. The molecule has 0 radical (unpaired) electrons. The van der Waals surface area contributed by atoms with Gasteiger partial charge in [-0.3, -0.25) is 0 Å². The maximum absolute atomic E-state index is 10.7. The van der Waals surface area contributed by atoms with Crippen LogP contribution in [-0.2, 0) is 6.42 Å². The van der Waals surface area contributed by atoms with Gasteiger partial charge in [-0.05, 0) is 82.2 Å². The summed E-state index contributed by atoms with van der Waals surface area (Å²) < 4.78 is 11.7. The van der Waals surface area contributed by atoms with Crippen LogP contribution >= 0.6 is 0 Å². The molecule has 1 aromatic carbocycles. The molecule has 4 aromatic rings. The van der Waals surface area contributed by atoms with Gasteiger partial charge in [0.05, 0.1) is 24.1 Å². The predicted molar refractivity (Wildman–Crippen MR) is 135 cm³/mol. The van der Waals surface area contributed by atoms with Crippen LogP contribution in [0.15, 0.2) is 41.1 Å².